The summed E-state index contributed by atoms with van der Waals surface area (Å²) in [7, 11) is 1.82. The molecular weight excluding hydrogens is 104 g/mol. The molecule has 0 radical (unpaired) electrons. The van der Waals surface area contributed by atoms with Crippen molar-refractivity contribution in [1.82, 2.24) is 10.4 Å². The SMILES string of the molecule is CCN(C)NC(C)=O. The zero-order valence-electron chi connectivity index (χ0n) is 5.56. The van der Waals surface area contributed by atoms with Gasteiger partial charge in [-0.15, -0.1) is 0 Å². The Balaban J connectivity index is 3.24. The molecule has 1 amide bonds. The molecule has 0 fully saturated rings. The second-order valence-electron chi connectivity index (χ2n) is 1.68. The van der Waals surface area contributed by atoms with Gasteiger partial charge in [-0.05, 0) is 0 Å². The summed E-state index contributed by atoms with van der Waals surface area (Å²) < 4.78 is 0. The van der Waals surface area contributed by atoms with Crippen molar-refractivity contribution in [1.29, 1.82) is 0 Å². The van der Waals surface area contributed by atoms with Gasteiger partial charge < -0.3 is 0 Å². The highest BCUT2D eigenvalue weighted by Gasteiger charge is 1.92. The van der Waals surface area contributed by atoms with Crippen LogP contribution in [0.5, 0.6) is 0 Å². The summed E-state index contributed by atoms with van der Waals surface area (Å²) in [5.41, 5.74) is 2.59. The summed E-state index contributed by atoms with van der Waals surface area (Å²) in [4.78, 5) is 10.3. The van der Waals surface area contributed by atoms with E-state index in [1.54, 1.807) is 5.01 Å². The van der Waals surface area contributed by atoms with Gasteiger partial charge >= 0.3 is 0 Å². The molecule has 48 valence electrons. The lowest BCUT2D eigenvalue weighted by molar-refractivity contribution is -0.123. The van der Waals surface area contributed by atoms with Gasteiger partial charge in [0.05, 0.1) is 0 Å². The fraction of sp³-hybridized carbons (Fsp3) is 0.800. The molecule has 0 aromatic carbocycles. The summed E-state index contributed by atoms with van der Waals surface area (Å²) in [5.74, 6) is -0.0191. The summed E-state index contributed by atoms with van der Waals surface area (Å²) in [5, 5.41) is 1.72. The first kappa shape index (κ1) is 7.43. The minimum absolute atomic E-state index is 0.0191. The van der Waals surface area contributed by atoms with E-state index in [2.05, 4.69) is 5.43 Å². The van der Waals surface area contributed by atoms with Crippen LogP contribution in [0.1, 0.15) is 13.8 Å². The summed E-state index contributed by atoms with van der Waals surface area (Å²) >= 11 is 0. The lowest BCUT2D eigenvalue weighted by atomic mass is 10.7. The molecule has 0 atom stereocenters. The summed E-state index contributed by atoms with van der Waals surface area (Å²) in [6.07, 6.45) is 0. The molecule has 0 rings (SSSR count). The Morgan fingerprint density at radius 3 is 2.38 bits per heavy atom. The van der Waals surface area contributed by atoms with Crippen molar-refractivity contribution in [3.63, 3.8) is 0 Å². The van der Waals surface area contributed by atoms with E-state index in [0.717, 1.165) is 6.54 Å². The van der Waals surface area contributed by atoms with Crippen LogP contribution in [0.4, 0.5) is 0 Å². The highest BCUT2D eigenvalue weighted by atomic mass is 16.2. The molecule has 3 heteroatoms. The molecule has 0 heterocycles. The second kappa shape index (κ2) is 3.43. The Labute approximate surface area is 49.6 Å². The molecule has 0 aromatic heterocycles. The van der Waals surface area contributed by atoms with E-state index in [1.165, 1.54) is 6.92 Å². The average Bonchev–Trinajstić information content (AvgIpc) is 1.65. The number of hydrogen-bond donors (Lipinski definition) is 1. The third kappa shape index (κ3) is 3.61. The molecule has 0 aliphatic heterocycles. The lowest BCUT2D eigenvalue weighted by Gasteiger charge is -2.12. The van der Waals surface area contributed by atoms with Crippen LogP contribution in [0.25, 0.3) is 0 Å². The maximum absolute atomic E-state index is 10.3. The number of nitrogens with one attached hydrogen (secondary N) is 1. The first-order chi connectivity index (χ1) is 3.66. The van der Waals surface area contributed by atoms with Gasteiger partial charge in [0.1, 0.15) is 0 Å². The van der Waals surface area contributed by atoms with Crippen molar-refractivity contribution in [2.24, 2.45) is 0 Å². The zero-order chi connectivity index (χ0) is 6.57. The molecular formula is C5H12N2O. The van der Waals surface area contributed by atoms with Crippen molar-refractivity contribution in [2.75, 3.05) is 13.6 Å². The van der Waals surface area contributed by atoms with Gasteiger partial charge in [-0.25, -0.2) is 5.01 Å². The fourth-order valence-corrected chi connectivity index (χ4v) is 0.348. The van der Waals surface area contributed by atoms with Crippen LogP contribution in [-0.2, 0) is 4.79 Å². The van der Waals surface area contributed by atoms with E-state index >= 15 is 0 Å². The monoisotopic (exact) mass is 116 g/mol. The number of hydrazine groups is 1. The zero-order valence-corrected chi connectivity index (χ0v) is 5.56. The van der Waals surface area contributed by atoms with Crippen LogP contribution in [0.15, 0.2) is 0 Å². The van der Waals surface area contributed by atoms with Gasteiger partial charge in [-0.2, -0.15) is 0 Å². The van der Waals surface area contributed by atoms with E-state index in [4.69, 9.17) is 0 Å². The molecule has 0 bridgehead atoms. The Hall–Kier alpha value is -0.570. The van der Waals surface area contributed by atoms with Crippen molar-refractivity contribution in [3.8, 4) is 0 Å². The van der Waals surface area contributed by atoms with Crippen molar-refractivity contribution < 1.29 is 4.79 Å². The number of carbonyl (C=O) groups is 1. The highest BCUT2D eigenvalue weighted by molar-refractivity contribution is 5.72. The standard InChI is InChI=1S/C5H12N2O/c1-4-7(3)6-5(2)8/h4H2,1-3H3,(H,6,8). The van der Waals surface area contributed by atoms with Crippen LogP contribution >= 0.6 is 0 Å². The Morgan fingerprint density at radius 2 is 2.25 bits per heavy atom. The second-order valence-corrected chi connectivity index (χ2v) is 1.68. The first-order valence-electron chi connectivity index (χ1n) is 2.65. The van der Waals surface area contributed by atoms with Gasteiger partial charge in [0, 0.05) is 20.5 Å². The molecule has 0 aliphatic rings. The van der Waals surface area contributed by atoms with Gasteiger partial charge in [0.15, 0.2) is 0 Å². The van der Waals surface area contributed by atoms with Gasteiger partial charge in [0.25, 0.3) is 0 Å². The Kier molecular flexibility index (Phi) is 3.19. The minimum atomic E-state index is -0.0191. The summed E-state index contributed by atoms with van der Waals surface area (Å²) in [6, 6.07) is 0. The quantitative estimate of drug-likeness (QED) is 0.514. The van der Waals surface area contributed by atoms with E-state index in [0.29, 0.717) is 0 Å². The number of hydrogen-bond acceptors (Lipinski definition) is 2. The molecule has 0 aromatic rings. The van der Waals surface area contributed by atoms with Crippen LogP contribution in [-0.4, -0.2) is 24.5 Å². The van der Waals surface area contributed by atoms with E-state index in [9.17, 15) is 4.79 Å². The largest absolute Gasteiger partial charge is 0.289 e. The van der Waals surface area contributed by atoms with Crippen LogP contribution < -0.4 is 5.43 Å². The molecule has 1 N–H and O–H groups in total. The normalized spacial score (nSPS) is 9.50. The van der Waals surface area contributed by atoms with Crippen molar-refractivity contribution >= 4 is 5.91 Å². The van der Waals surface area contributed by atoms with Gasteiger partial charge in [-0.3, -0.25) is 10.2 Å². The van der Waals surface area contributed by atoms with Crippen molar-refractivity contribution in [3.05, 3.63) is 0 Å². The van der Waals surface area contributed by atoms with Crippen LogP contribution in [0.2, 0.25) is 0 Å². The highest BCUT2D eigenvalue weighted by Crippen LogP contribution is 1.70. The lowest BCUT2D eigenvalue weighted by Crippen LogP contribution is -2.37. The summed E-state index contributed by atoms with van der Waals surface area (Å²) in [6.45, 7) is 4.29. The molecule has 0 aliphatic carbocycles. The first-order valence-corrected chi connectivity index (χ1v) is 2.65. The fourth-order valence-electron chi connectivity index (χ4n) is 0.348. The molecule has 3 nitrogen and oxygen atoms in total. The maximum atomic E-state index is 10.3. The van der Waals surface area contributed by atoms with Gasteiger partial charge in [-0.1, -0.05) is 6.92 Å². The molecule has 0 unspecified atom stereocenters. The van der Waals surface area contributed by atoms with Crippen LogP contribution in [0.3, 0.4) is 0 Å². The number of carbonyl (C=O) groups excluding carboxylic acids is 1. The maximum Gasteiger partial charge on any atom is 0.231 e. The topological polar surface area (TPSA) is 32.3 Å². The van der Waals surface area contributed by atoms with E-state index in [1.807, 2.05) is 14.0 Å². The predicted molar refractivity (Wildman–Crippen MR) is 32.1 cm³/mol. The van der Waals surface area contributed by atoms with Crippen molar-refractivity contribution in [2.45, 2.75) is 13.8 Å². The number of nitrogens with zero attached hydrogens (tertiary/aromatic N) is 1. The van der Waals surface area contributed by atoms with Crippen LogP contribution in [0, 0.1) is 0 Å². The Bertz CT molecular complexity index is 82.5. The number of rotatable bonds is 2. The number of amides is 1. The van der Waals surface area contributed by atoms with E-state index in [-0.39, 0.29) is 5.91 Å². The van der Waals surface area contributed by atoms with E-state index < -0.39 is 0 Å². The minimum Gasteiger partial charge on any atom is -0.289 e. The third-order valence-electron chi connectivity index (χ3n) is 0.823. The van der Waals surface area contributed by atoms with Gasteiger partial charge in [0.2, 0.25) is 5.91 Å². The molecule has 0 saturated carbocycles. The molecule has 0 saturated heterocycles. The molecule has 8 heavy (non-hydrogen) atoms. The predicted octanol–water partition coefficient (Wildman–Crippen LogP) is -0.0108. The average molecular weight is 116 g/mol. The smallest absolute Gasteiger partial charge is 0.231 e. The molecule has 0 spiro atoms. The Morgan fingerprint density at radius 1 is 1.75 bits per heavy atom. The third-order valence-corrected chi connectivity index (χ3v) is 0.823.